The molecule has 0 aliphatic heterocycles. The van der Waals surface area contributed by atoms with Gasteiger partial charge < -0.3 is 4.89 Å². The van der Waals surface area contributed by atoms with Crippen LogP contribution in [0.4, 0.5) is 0 Å². The Bertz CT molecular complexity index is 12.8. The van der Waals surface area contributed by atoms with Crippen LogP contribution in [0, 0.1) is 0 Å². The number of halogens is 2. The highest BCUT2D eigenvalue weighted by atomic mass is 79.9. The van der Waals surface area contributed by atoms with E-state index in [0.717, 1.165) is 0 Å². The van der Waals surface area contributed by atoms with Gasteiger partial charge in [0.2, 0.25) is 0 Å². The van der Waals surface area contributed by atoms with Crippen molar-refractivity contribution in [2.45, 2.75) is 0 Å². The molecule has 0 aromatic rings. The lowest BCUT2D eigenvalue weighted by molar-refractivity contribution is 0.656. The Kier molecular flexibility index (Phi) is 3.10. The van der Waals surface area contributed by atoms with Crippen LogP contribution < -0.4 is 0 Å². The van der Waals surface area contributed by atoms with E-state index in [1.54, 1.807) is 0 Å². The number of rotatable bonds is 0. The molecule has 0 rings (SSSR count). The van der Waals surface area contributed by atoms with Gasteiger partial charge in [0, 0.05) is 0 Å². The lowest BCUT2D eigenvalue weighted by Crippen LogP contribution is -1.22. The van der Waals surface area contributed by atoms with E-state index < -0.39 is 6.20 Å². The average Bonchev–Trinajstić information content (AvgIpc) is 0.811. The second kappa shape index (κ2) is 2.40. The van der Waals surface area contributed by atoms with Gasteiger partial charge in [-0.2, -0.15) is 0 Å². The third kappa shape index (κ3) is 11.0. The van der Waals surface area contributed by atoms with Crippen molar-refractivity contribution >= 4 is 32.9 Å². The van der Waals surface area contributed by atoms with E-state index in [4.69, 9.17) is 16.1 Å². The van der Waals surface area contributed by atoms with Gasteiger partial charge in [-0.25, -0.2) is 0 Å². The highest BCUT2D eigenvalue weighted by Crippen LogP contribution is 2.43. The molecular formula is HBrClOP. The molecule has 4 heteroatoms. The Labute approximate surface area is 38.3 Å². The maximum absolute atomic E-state index is 7.80. The molecule has 0 aliphatic rings. The van der Waals surface area contributed by atoms with Crippen LogP contribution in [-0.4, -0.2) is 4.89 Å². The number of hydrogen-bond acceptors (Lipinski definition) is 1. The minimum atomic E-state index is -1.34. The van der Waals surface area contributed by atoms with Gasteiger partial charge in [0.1, 0.15) is 0 Å². The zero-order valence-electron chi connectivity index (χ0n) is 1.65. The Balaban J connectivity index is 2.32. The fourth-order valence-corrected chi connectivity index (χ4v) is 0. The minimum absolute atomic E-state index is 1.34. The fourth-order valence-electron chi connectivity index (χ4n) is 0. The minimum Gasteiger partial charge on any atom is -0.351 e. The summed E-state index contributed by atoms with van der Waals surface area (Å²) in [6.45, 7) is 0. The maximum atomic E-state index is 7.80. The van der Waals surface area contributed by atoms with E-state index in [1.807, 2.05) is 0 Å². The van der Waals surface area contributed by atoms with E-state index >= 15 is 0 Å². The van der Waals surface area contributed by atoms with Gasteiger partial charge in [-0.1, -0.05) is 11.2 Å². The van der Waals surface area contributed by atoms with Crippen molar-refractivity contribution in [2.24, 2.45) is 0 Å². The van der Waals surface area contributed by atoms with Crippen molar-refractivity contribution in [1.82, 2.24) is 0 Å². The fraction of sp³-hybridized carbons (Fsp3) is 0. The van der Waals surface area contributed by atoms with Crippen LogP contribution in [0.2, 0.25) is 0 Å². The van der Waals surface area contributed by atoms with E-state index in [2.05, 4.69) is 15.5 Å². The van der Waals surface area contributed by atoms with Crippen LogP contribution in [0.3, 0.4) is 0 Å². The Morgan fingerprint density at radius 1 is 2.00 bits per heavy atom. The van der Waals surface area contributed by atoms with Gasteiger partial charge in [0.15, 0.2) is 6.20 Å². The summed E-state index contributed by atoms with van der Waals surface area (Å²) in [5.41, 5.74) is 0. The van der Waals surface area contributed by atoms with E-state index in [1.165, 1.54) is 0 Å². The van der Waals surface area contributed by atoms with E-state index in [-0.39, 0.29) is 0 Å². The lowest BCUT2D eigenvalue weighted by Gasteiger charge is -1.72. The monoisotopic (exact) mass is 162 g/mol. The second-order valence-corrected chi connectivity index (χ2v) is 4.85. The predicted octanol–water partition coefficient (Wildman–Crippen LogP) is 1.84. The average molecular weight is 163 g/mol. The summed E-state index contributed by atoms with van der Waals surface area (Å²) < 4.78 is 0. The zero-order chi connectivity index (χ0) is 3.58. The first-order chi connectivity index (χ1) is 1.73. The predicted molar refractivity (Wildman–Crippen MR) is 23.9 cm³/mol. The van der Waals surface area contributed by atoms with E-state index in [9.17, 15) is 0 Å². The van der Waals surface area contributed by atoms with Crippen molar-refractivity contribution in [2.75, 3.05) is 0 Å². The first-order valence-corrected chi connectivity index (χ1v) is 4.76. The third-order valence-electron chi connectivity index (χ3n) is 0. The molecule has 0 saturated carbocycles. The summed E-state index contributed by atoms with van der Waals surface area (Å²) in [5.74, 6) is 0. The molecule has 0 aromatic carbocycles. The van der Waals surface area contributed by atoms with Gasteiger partial charge in [-0.15, -0.1) is 0 Å². The molecule has 26 valence electrons. The van der Waals surface area contributed by atoms with Crippen molar-refractivity contribution in [3.63, 3.8) is 0 Å². The normalized spacial score (nSPS) is 15.8. The molecule has 0 spiro atoms. The molecule has 4 heavy (non-hydrogen) atoms. The van der Waals surface area contributed by atoms with Crippen LogP contribution in [0.25, 0.3) is 0 Å². The Morgan fingerprint density at radius 3 is 2.00 bits per heavy atom. The van der Waals surface area contributed by atoms with Crippen molar-refractivity contribution in [3.05, 3.63) is 0 Å². The molecule has 0 aromatic heterocycles. The molecular weight excluding hydrogens is 162 g/mol. The molecule has 1 unspecified atom stereocenters. The summed E-state index contributed by atoms with van der Waals surface area (Å²) in [5, 5.41) is 0. The Hall–Kier alpha value is 1.16. The van der Waals surface area contributed by atoms with E-state index in [0.29, 0.717) is 0 Å². The largest absolute Gasteiger partial charge is 0.351 e. The summed E-state index contributed by atoms with van der Waals surface area (Å²) in [6.07, 6.45) is -1.34. The topological polar surface area (TPSA) is 20.2 Å². The first-order valence-electron chi connectivity index (χ1n) is 0.538. The Morgan fingerprint density at radius 2 is 2.00 bits per heavy atom. The molecule has 1 atom stereocenters. The summed E-state index contributed by atoms with van der Waals surface area (Å²) >= 11 is 7.47. The van der Waals surface area contributed by atoms with Crippen molar-refractivity contribution in [3.8, 4) is 0 Å². The summed E-state index contributed by atoms with van der Waals surface area (Å²) in [7, 11) is 0. The number of hydrogen-bond donors (Lipinski definition) is 1. The van der Waals surface area contributed by atoms with Crippen LogP contribution in [0.1, 0.15) is 0 Å². The first kappa shape index (κ1) is 5.16. The highest BCUT2D eigenvalue weighted by molar-refractivity contribution is 9.41. The van der Waals surface area contributed by atoms with Crippen LogP contribution in [0.15, 0.2) is 0 Å². The molecule has 0 radical (unpaired) electrons. The quantitative estimate of drug-likeness (QED) is 0.540. The van der Waals surface area contributed by atoms with Crippen molar-refractivity contribution < 1.29 is 4.89 Å². The van der Waals surface area contributed by atoms with Crippen molar-refractivity contribution in [1.29, 1.82) is 0 Å². The van der Waals surface area contributed by atoms with Crippen LogP contribution in [0.5, 0.6) is 0 Å². The standard InChI is InChI=1S/BrClHOP/c1-4(2)3/h3H. The second-order valence-electron chi connectivity index (χ2n) is 0.215. The smallest absolute Gasteiger partial charge is 0.195 e. The molecule has 0 bridgehead atoms. The SMILES string of the molecule is OP(Cl)Br. The zero-order valence-corrected chi connectivity index (χ0v) is 4.89. The van der Waals surface area contributed by atoms with Crippen LogP contribution >= 0.6 is 32.9 Å². The van der Waals surface area contributed by atoms with Gasteiger partial charge in [0.05, 0.1) is 0 Å². The molecule has 0 fully saturated rings. The van der Waals surface area contributed by atoms with Gasteiger partial charge in [-0.3, -0.25) is 0 Å². The highest BCUT2D eigenvalue weighted by Gasteiger charge is 1.77. The molecule has 0 heterocycles. The third-order valence-corrected chi connectivity index (χ3v) is 0. The van der Waals surface area contributed by atoms with Gasteiger partial charge >= 0.3 is 0 Å². The molecule has 0 aliphatic carbocycles. The molecule has 0 amide bonds. The molecule has 1 N–H and O–H groups in total. The molecule has 1 nitrogen and oxygen atoms in total. The maximum Gasteiger partial charge on any atom is 0.195 e. The summed E-state index contributed by atoms with van der Waals surface area (Å²) in [6, 6.07) is 0. The van der Waals surface area contributed by atoms with Gasteiger partial charge in [-0.05, 0) is 15.5 Å². The lowest BCUT2D eigenvalue weighted by atomic mass is 15.9. The van der Waals surface area contributed by atoms with Gasteiger partial charge in [0.25, 0.3) is 0 Å². The van der Waals surface area contributed by atoms with Crippen LogP contribution in [-0.2, 0) is 0 Å². The summed E-state index contributed by atoms with van der Waals surface area (Å²) in [4.78, 5) is 7.80. The molecule has 0 saturated heterocycles.